The Bertz CT molecular complexity index is 842. The quantitative estimate of drug-likeness (QED) is 0.355. The number of nitrogens with one attached hydrogen (secondary N) is 1. The second kappa shape index (κ2) is 8.31. The minimum Gasteiger partial charge on any atom is -0.480 e. The lowest BCUT2D eigenvalue weighted by molar-refractivity contribution is -0.384. The van der Waals surface area contributed by atoms with Gasteiger partial charge in [-0.25, -0.2) is 4.57 Å². The van der Waals surface area contributed by atoms with Crippen LogP contribution in [0.2, 0.25) is 0 Å². The van der Waals surface area contributed by atoms with Crippen molar-refractivity contribution in [1.29, 1.82) is 0 Å². The highest BCUT2D eigenvalue weighted by atomic mass is 79.9. The van der Waals surface area contributed by atoms with E-state index in [1.54, 1.807) is 12.1 Å². The van der Waals surface area contributed by atoms with Crippen LogP contribution in [0.15, 0.2) is 53.0 Å². The van der Waals surface area contributed by atoms with Crippen LogP contribution in [0.3, 0.4) is 0 Å². The fourth-order valence-corrected chi connectivity index (χ4v) is 3.56. The van der Waals surface area contributed by atoms with E-state index in [2.05, 4.69) is 21.0 Å². The highest BCUT2D eigenvalue weighted by Crippen LogP contribution is 2.45. The van der Waals surface area contributed by atoms with Gasteiger partial charge in [0.1, 0.15) is 17.5 Å². The molecule has 0 aliphatic heterocycles. The molecule has 0 amide bonds. The van der Waals surface area contributed by atoms with Crippen molar-refractivity contribution in [2.45, 2.75) is 13.0 Å². The first-order valence-corrected chi connectivity index (χ1v) is 9.52. The van der Waals surface area contributed by atoms with Crippen LogP contribution in [0.25, 0.3) is 0 Å². The molecule has 0 spiro atoms. The van der Waals surface area contributed by atoms with E-state index in [-0.39, 0.29) is 17.2 Å². The predicted octanol–water partition coefficient (Wildman–Crippen LogP) is 3.99. The third kappa shape index (κ3) is 5.55. The Morgan fingerprint density at radius 1 is 1.15 bits per heavy atom. The third-order valence-electron chi connectivity index (χ3n) is 3.03. The van der Waals surface area contributed by atoms with Gasteiger partial charge >= 0.3 is 13.7 Å². The maximum absolute atomic E-state index is 13.0. The number of nitro benzene ring substituents is 1. The molecule has 0 saturated heterocycles. The van der Waals surface area contributed by atoms with Crippen LogP contribution in [0.1, 0.15) is 6.92 Å². The summed E-state index contributed by atoms with van der Waals surface area (Å²) in [5.74, 6) is -1.05. The zero-order valence-electron chi connectivity index (χ0n) is 13.4. The van der Waals surface area contributed by atoms with Crippen molar-refractivity contribution in [3.8, 4) is 11.5 Å². The lowest BCUT2D eigenvalue weighted by Gasteiger charge is -2.22. The van der Waals surface area contributed by atoms with Crippen LogP contribution >= 0.6 is 23.7 Å². The summed E-state index contributed by atoms with van der Waals surface area (Å²) in [6.45, 7) is 1.28. The van der Waals surface area contributed by atoms with Crippen LogP contribution in [0.4, 0.5) is 5.69 Å². The Morgan fingerprint density at radius 3 is 2.04 bits per heavy atom. The lowest BCUT2D eigenvalue weighted by Crippen LogP contribution is -2.34. The standard InChI is InChI=1S/C15H14BrN2O7P/c1-10(15(19)20)17-26(23,24-13-6-2-11(16)3-7-13)25-14-8-4-12(5-9-14)18(21)22/h2-10H,1H3,(H,17,23)(H,19,20)/t10-,26?/m1/s1. The molecule has 0 aromatic heterocycles. The number of hydrogen-bond donors (Lipinski definition) is 2. The molecule has 2 aromatic carbocycles. The summed E-state index contributed by atoms with van der Waals surface area (Å²) < 4.78 is 24.5. The third-order valence-corrected chi connectivity index (χ3v) is 5.17. The molecular formula is C15H14BrN2O7P. The zero-order chi connectivity index (χ0) is 19.3. The van der Waals surface area contributed by atoms with Gasteiger partial charge in [0, 0.05) is 16.6 Å². The van der Waals surface area contributed by atoms with Gasteiger partial charge < -0.3 is 14.2 Å². The van der Waals surface area contributed by atoms with Gasteiger partial charge in [0.2, 0.25) is 0 Å². The molecule has 0 aliphatic carbocycles. The summed E-state index contributed by atoms with van der Waals surface area (Å²) in [6.07, 6.45) is 0. The van der Waals surface area contributed by atoms with Gasteiger partial charge in [-0.1, -0.05) is 15.9 Å². The molecule has 0 saturated carbocycles. The first kappa shape index (κ1) is 19.9. The molecular weight excluding hydrogens is 431 g/mol. The number of carboxylic acids is 1. The molecule has 26 heavy (non-hydrogen) atoms. The van der Waals surface area contributed by atoms with Gasteiger partial charge in [-0.05, 0) is 43.3 Å². The maximum Gasteiger partial charge on any atom is 0.513 e. The Kier molecular flexibility index (Phi) is 6.36. The van der Waals surface area contributed by atoms with E-state index in [9.17, 15) is 19.5 Å². The molecule has 1 unspecified atom stereocenters. The van der Waals surface area contributed by atoms with Gasteiger partial charge in [-0.15, -0.1) is 0 Å². The summed E-state index contributed by atoms with van der Waals surface area (Å²) in [5, 5.41) is 22.0. The second-order valence-electron chi connectivity index (χ2n) is 5.07. The molecule has 0 radical (unpaired) electrons. The van der Waals surface area contributed by atoms with Crippen molar-refractivity contribution in [2.24, 2.45) is 0 Å². The predicted molar refractivity (Wildman–Crippen MR) is 96.3 cm³/mol. The summed E-state index contributed by atoms with van der Waals surface area (Å²) in [5.41, 5.74) is -0.173. The monoisotopic (exact) mass is 444 g/mol. The van der Waals surface area contributed by atoms with Crippen LogP contribution in [-0.4, -0.2) is 22.0 Å². The van der Waals surface area contributed by atoms with E-state index in [1.807, 2.05) is 0 Å². The van der Waals surface area contributed by atoms with E-state index in [1.165, 1.54) is 43.3 Å². The molecule has 11 heteroatoms. The highest BCUT2D eigenvalue weighted by molar-refractivity contribution is 9.10. The normalized spacial score (nSPS) is 14.1. The van der Waals surface area contributed by atoms with E-state index < -0.39 is 24.7 Å². The van der Waals surface area contributed by atoms with Crippen LogP contribution in [0.5, 0.6) is 11.5 Å². The van der Waals surface area contributed by atoms with Crippen molar-refractivity contribution in [2.75, 3.05) is 0 Å². The van der Waals surface area contributed by atoms with Gasteiger partial charge in [-0.2, -0.15) is 5.09 Å². The van der Waals surface area contributed by atoms with Crippen molar-refractivity contribution in [1.82, 2.24) is 5.09 Å². The maximum atomic E-state index is 13.0. The smallest absolute Gasteiger partial charge is 0.480 e. The SMILES string of the molecule is C[C@@H](NP(=O)(Oc1ccc(Br)cc1)Oc1ccc([N+](=O)[O-])cc1)C(=O)O. The largest absolute Gasteiger partial charge is 0.513 e. The van der Waals surface area contributed by atoms with E-state index in [0.717, 1.165) is 4.47 Å². The fourth-order valence-electron chi connectivity index (χ4n) is 1.77. The molecule has 138 valence electrons. The fraction of sp³-hybridized carbons (Fsp3) is 0.133. The first-order valence-electron chi connectivity index (χ1n) is 7.18. The Hall–Kier alpha value is -2.42. The number of carboxylic acid groups (broad SMARTS) is 1. The number of halogens is 1. The Labute approximate surface area is 156 Å². The van der Waals surface area contributed by atoms with Crippen molar-refractivity contribution in [3.05, 3.63) is 63.1 Å². The number of carbonyl (C=O) groups is 1. The van der Waals surface area contributed by atoms with Crippen LogP contribution in [-0.2, 0) is 9.36 Å². The number of rotatable bonds is 8. The van der Waals surface area contributed by atoms with Crippen LogP contribution < -0.4 is 14.1 Å². The minimum absolute atomic E-state index is 0.0149. The van der Waals surface area contributed by atoms with Crippen molar-refractivity contribution >= 4 is 35.3 Å². The molecule has 0 heterocycles. The van der Waals surface area contributed by atoms with Crippen molar-refractivity contribution in [3.63, 3.8) is 0 Å². The zero-order valence-corrected chi connectivity index (χ0v) is 15.8. The molecule has 2 N–H and O–H groups in total. The molecule has 0 bridgehead atoms. The van der Waals surface area contributed by atoms with E-state index in [0.29, 0.717) is 0 Å². The highest BCUT2D eigenvalue weighted by Gasteiger charge is 2.33. The molecule has 2 aromatic rings. The Morgan fingerprint density at radius 2 is 1.62 bits per heavy atom. The Balaban J connectivity index is 2.26. The number of non-ortho nitro benzene ring substituents is 1. The van der Waals surface area contributed by atoms with E-state index in [4.69, 9.17) is 14.2 Å². The average molecular weight is 445 g/mol. The molecule has 0 fully saturated rings. The molecule has 0 aliphatic rings. The number of aliphatic carboxylic acids is 1. The summed E-state index contributed by atoms with van der Waals surface area (Å²) >= 11 is 3.25. The van der Waals surface area contributed by atoms with Gasteiger partial charge in [0.25, 0.3) is 5.69 Å². The molecule has 9 nitrogen and oxygen atoms in total. The van der Waals surface area contributed by atoms with Gasteiger partial charge in [0.15, 0.2) is 0 Å². The topological polar surface area (TPSA) is 128 Å². The van der Waals surface area contributed by atoms with Gasteiger partial charge in [-0.3, -0.25) is 14.9 Å². The average Bonchev–Trinajstić information content (AvgIpc) is 2.57. The van der Waals surface area contributed by atoms with Crippen LogP contribution in [0, 0.1) is 10.1 Å². The number of hydrogen-bond acceptors (Lipinski definition) is 6. The van der Waals surface area contributed by atoms with Crippen molar-refractivity contribution < 1.29 is 28.4 Å². The molecule has 2 atom stereocenters. The first-order chi connectivity index (χ1) is 12.2. The minimum atomic E-state index is -4.14. The van der Waals surface area contributed by atoms with E-state index >= 15 is 0 Å². The number of nitrogens with zero attached hydrogens (tertiary/aromatic N) is 1. The lowest BCUT2D eigenvalue weighted by atomic mass is 10.3. The summed E-state index contributed by atoms with van der Waals surface area (Å²) in [7, 11) is -4.14. The number of nitro groups is 1. The number of benzene rings is 2. The van der Waals surface area contributed by atoms with Gasteiger partial charge in [0.05, 0.1) is 4.92 Å². The second-order valence-corrected chi connectivity index (χ2v) is 7.61. The molecule has 2 rings (SSSR count). The summed E-state index contributed by atoms with van der Waals surface area (Å²) in [6, 6.07) is 9.91. The summed E-state index contributed by atoms with van der Waals surface area (Å²) in [4.78, 5) is 21.2.